The van der Waals surface area contributed by atoms with Crippen LogP contribution in [0.4, 0.5) is 8.78 Å². The van der Waals surface area contributed by atoms with Crippen molar-refractivity contribution in [2.24, 2.45) is 0 Å². The Morgan fingerprint density at radius 2 is 2.23 bits per heavy atom. The molecule has 1 rings (SSSR count). The maximum absolute atomic E-state index is 12.3. The molecule has 2 N–H and O–H groups in total. The van der Waals surface area contributed by atoms with E-state index in [1.807, 2.05) is 0 Å². The second kappa shape index (κ2) is 4.14. The fraction of sp³-hybridized carbons (Fsp3) is 0.286. The second-order valence-corrected chi connectivity index (χ2v) is 3.41. The minimum absolute atomic E-state index is 0.0456. The Bertz CT molecular complexity index is 364. The Morgan fingerprint density at radius 1 is 1.62 bits per heavy atom. The third-order valence-corrected chi connectivity index (χ3v) is 2.43. The highest BCUT2D eigenvalue weighted by Crippen LogP contribution is 2.19. The molecule has 0 amide bonds. The van der Waals surface area contributed by atoms with Gasteiger partial charge >= 0.3 is 0 Å². The summed E-state index contributed by atoms with van der Waals surface area (Å²) < 4.78 is 24.7. The van der Waals surface area contributed by atoms with Crippen LogP contribution in [0.25, 0.3) is 0 Å². The first kappa shape index (κ1) is 10.6. The van der Waals surface area contributed by atoms with Crippen molar-refractivity contribution < 1.29 is 13.9 Å². The number of nitrogens with one attached hydrogen (secondary N) is 1. The molecule has 0 saturated carbocycles. The molecule has 0 radical (unpaired) electrons. The molecule has 0 aliphatic carbocycles. The van der Waals surface area contributed by atoms with Crippen LogP contribution in [-0.4, -0.2) is 10.1 Å². The van der Waals surface area contributed by atoms with Crippen molar-refractivity contribution in [3.63, 3.8) is 0 Å². The summed E-state index contributed by atoms with van der Waals surface area (Å²) in [6.45, 7) is -0.536. The summed E-state index contributed by atoms with van der Waals surface area (Å²) in [5.74, 6) is 0. The lowest BCUT2D eigenvalue weighted by Gasteiger charge is -2.03. The highest BCUT2D eigenvalue weighted by atomic mass is 127. The maximum atomic E-state index is 12.3. The molecule has 1 aromatic heterocycles. The molecule has 0 spiro atoms. The first-order valence-electron chi connectivity index (χ1n) is 3.37. The summed E-state index contributed by atoms with van der Waals surface area (Å²) in [4.78, 5) is 13.7. The van der Waals surface area contributed by atoms with Gasteiger partial charge in [0.2, 0.25) is 0 Å². The van der Waals surface area contributed by atoms with Crippen LogP contribution in [0.15, 0.2) is 11.0 Å². The zero-order chi connectivity index (χ0) is 10.0. The normalized spacial score (nSPS) is 10.8. The Balaban J connectivity index is 3.39. The van der Waals surface area contributed by atoms with E-state index in [9.17, 15) is 13.6 Å². The largest absolute Gasteiger partial charge is 0.391 e. The molecule has 3 nitrogen and oxygen atoms in total. The molecule has 0 saturated heterocycles. The van der Waals surface area contributed by atoms with E-state index in [2.05, 4.69) is 4.98 Å². The van der Waals surface area contributed by atoms with Crippen molar-refractivity contribution >= 4 is 22.6 Å². The fourth-order valence-corrected chi connectivity index (χ4v) is 1.51. The van der Waals surface area contributed by atoms with Gasteiger partial charge in [-0.1, -0.05) is 0 Å². The molecule has 72 valence electrons. The average Bonchev–Trinajstić information content (AvgIpc) is 2.04. The molecule has 6 heteroatoms. The van der Waals surface area contributed by atoms with E-state index in [0.29, 0.717) is 0 Å². The second-order valence-electron chi connectivity index (χ2n) is 2.33. The van der Waals surface area contributed by atoms with Crippen LogP contribution in [0.5, 0.6) is 0 Å². The number of hydrogen-bond acceptors (Lipinski definition) is 2. The van der Waals surface area contributed by atoms with Crippen molar-refractivity contribution in [1.82, 2.24) is 4.98 Å². The van der Waals surface area contributed by atoms with E-state index < -0.39 is 24.0 Å². The fourth-order valence-electron chi connectivity index (χ4n) is 0.879. The molecule has 0 aliphatic heterocycles. The van der Waals surface area contributed by atoms with Gasteiger partial charge in [-0.3, -0.25) is 4.79 Å². The third kappa shape index (κ3) is 2.05. The number of H-pyrrole nitrogens is 1. The molecule has 1 heterocycles. The number of pyridine rings is 1. The summed E-state index contributed by atoms with van der Waals surface area (Å²) in [7, 11) is 0. The van der Waals surface area contributed by atoms with Gasteiger partial charge in [-0.2, -0.15) is 0 Å². The van der Waals surface area contributed by atoms with E-state index in [1.54, 1.807) is 22.6 Å². The van der Waals surface area contributed by atoms with Crippen molar-refractivity contribution in [3.8, 4) is 0 Å². The van der Waals surface area contributed by atoms with Crippen molar-refractivity contribution in [1.29, 1.82) is 0 Å². The zero-order valence-electron chi connectivity index (χ0n) is 6.35. The number of hydrogen-bond donors (Lipinski definition) is 2. The van der Waals surface area contributed by atoms with E-state index in [1.165, 1.54) is 6.20 Å². The highest BCUT2D eigenvalue weighted by molar-refractivity contribution is 14.1. The quantitative estimate of drug-likeness (QED) is 0.641. The van der Waals surface area contributed by atoms with Crippen LogP contribution >= 0.6 is 22.6 Å². The van der Waals surface area contributed by atoms with Crippen molar-refractivity contribution in [3.05, 3.63) is 31.2 Å². The molecular formula is C7H6F2INO2. The van der Waals surface area contributed by atoms with Crippen LogP contribution in [-0.2, 0) is 6.61 Å². The highest BCUT2D eigenvalue weighted by Gasteiger charge is 2.18. The van der Waals surface area contributed by atoms with E-state index >= 15 is 0 Å². The molecule has 0 aliphatic rings. The van der Waals surface area contributed by atoms with Crippen LogP contribution < -0.4 is 5.43 Å². The molecule has 0 bridgehead atoms. The number of aromatic amines is 1. The number of rotatable bonds is 2. The van der Waals surface area contributed by atoms with Gasteiger partial charge in [0, 0.05) is 11.8 Å². The van der Waals surface area contributed by atoms with Crippen LogP contribution in [0.2, 0.25) is 0 Å². The van der Waals surface area contributed by atoms with Crippen molar-refractivity contribution in [2.45, 2.75) is 13.0 Å². The Hall–Kier alpha value is -0.500. The smallest absolute Gasteiger partial charge is 0.270 e. The van der Waals surface area contributed by atoms with Gasteiger partial charge in [-0.25, -0.2) is 8.78 Å². The van der Waals surface area contributed by atoms with Crippen LogP contribution in [0.1, 0.15) is 17.6 Å². The predicted octanol–water partition coefficient (Wildman–Crippen LogP) is 1.41. The Morgan fingerprint density at radius 3 is 2.69 bits per heavy atom. The first-order chi connectivity index (χ1) is 6.07. The van der Waals surface area contributed by atoms with Gasteiger partial charge in [0.15, 0.2) is 5.43 Å². The van der Waals surface area contributed by atoms with Gasteiger partial charge in [0.1, 0.15) is 0 Å². The minimum atomic E-state index is -2.82. The molecule has 0 atom stereocenters. The first-order valence-corrected chi connectivity index (χ1v) is 4.44. The van der Waals surface area contributed by atoms with Gasteiger partial charge in [-0.05, 0) is 22.6 Å². The molecule has 0 unspecified atom stereocenters. The monoisotopic (exact) mass is 301 g/mol. The van der Waals surface area contributed by atoms with Gasteiger partial charge in [-0.15, -0.1) is 0 Å². The third-order valence-electron chi connectivity index (χ3n) is 1.53. The van der Waals surface area contributed by atoms with Crippen LogP contribution in [0.3, 0.4) is 0 Å². The summed E-state index contributed by atoms with van der Waals surface area (Å²) in [5, 5.41) is 8.65. The maximum Gasteiger partial charge on any atom is 0.270 e. The lowest BCUT2D eigenvalue weighted by atomic mass is 10.2. The van der Waals surface area contributed by atoms with Gasteiger partial charge in [0.05, 0.1) is 15.9 Å². The molecular weight excluding hydrogens is 295 g/mol. The Labute approximate surface area is 85.9 Å². The predicted molar refractivity (Wildman–Crippen MR) is 50.7 cm³/mol. The van der Waals surface area contributed by atoms with Gasteiger partial charge in [0.25, 0.3) is 6.43 Å². The lowest BCUT2D eigenvalue weighted by Crippen LogP contribution is -2.17. The number of aliphatic hydroxyl groups is 1. The Kier molecular flexibility index (Phi) is 3.37. The van der Waals surface area contributed by atoms with E-state index in [0.717, 1.165) is 0 Å². The van der Waals surface area contributed by atoms with E-state index in [4.69, 9.17) is 5.11 Å². The summed E-state index contributed by atoms with van der Waals surface area (Å²) >= 11 is 1.62. The molecule has 0 aromatic carbocycles. The van der Waals surface area contributed by atoms with Crippen LogP contribution in [0, 0.1) is 3.70 Å². The summed E-state index contributed by atoms with van der Waals surface area (Å²) in [5.41, 5.74) is -1.41. The molecule has 13 heavy (non-hydrogen) atoms. The minimum Gasteiger partial charge on any atom is -0.391 e. The summed E-state index contributed by atoms with van der Waals surface area (Å²) in [6, 6.07) is 0. The molecule has 1 aromatic rings. The van der Waals surface area contributed by atoms with E-state index in [-0.39, 0.29) is 9.26 Å². The number of aromatic nitrogens is 1. The average molecular weight is 301 g/mol. The number of alkyl halides is 2. The zero-order valence-corrected chi connectivity index (χ0v) is 8.51. The summed E-state index contributed by atoms with van der Waals surface area (Å²) in [6.07, 6.45) is -1.59. The topological polar surface area (TPSA) is 53.1 Å². The van der Waals surface area contributed by atoms with Crippen molar-refractivity contribution in [2.75, 3.05) is 0 Å². The van der Waals surface area contributed by atoms with Gasteiger partial charge < -0.3 is 10.1 Å². The number of aliphatic hydroxyl groups excluding tert-OH is 1. The lowest BCUT2D eigenvalue weighted by molar-refractivity contribution is 0.148. The standard InChI is InChI=1S/C7H6F2INO2/c8-6(9)4-5(13)3(2-12)1-11-7(4)10/h1,6,12H,2H2,(H,11,13). The SMILES string of the molecule is O=c1c(CO)c[nH]c(I)c1C(F)F. The molecule has 0 fully saturated rings. The number of halogens is 3.